The van der Waals surface area contributed by atoms with Gasteiger partial charge < -0.3 is 5.73 Å². The second-order valence-corrected chi connectivity index (χ2v) is 6.89. The van der Waals surface area contributed by atoms with Crippen LogP contribution in [0.2, 0.25) is 0 Å². The summed E-state index contributed by atoms with van der Waals surface area (Å²) in [5.74, 6) is 0. The van der Waals surface area contributed by atoms with Gasteiger partial charge in [-0.15, -0.1) is 0 Å². The molecule has 2 N–H and O–H groups in total. The average Bonchev–Trinajstić information content (AvgIpc) is 2.65. The lowest BCUT2D eigenvalue weighted by molar-refractivity contribution is 0.671. The molecule has 0 spiro atoms. The standard InChI is InChI=1S/C12H15N3OS2/c1-2-3-4-5-6-10-9(7-13)12(15)11(8-14)18(10)17-16/h2-6,15H2,1H3. The highest BCUT2D eigenvalue weighted by atomic mass is 32.8. The number of hydrogen-bond donors (Lipinski definition) is 1. The average molecular weight is 281 g/mol. The zero-order valence-corrected chi connectivity index (χ0v) is 11.9. The molecule has 1 aliphatic rings. The van der Waals surface area contributed by atoms with E-state index in [-0.39, 0.29) is 10.6 Å². The van der Waals surface area contributed by atoms with Crippen LogP contribution in [0, 0.1) is 22.7 Å². The van der Waals surface area contributed by atoms with E-state index in [2.05, 4.69) is 6.92 Å². The van der Waals surface area contributed by atoms with Crippen molar-refractivity contribution in [2.45, 2.75) is 39.0 Å². The molecule has 0 saturated carbocycles. The molecule has 0 bridgehead atoms. The molecule has 0 radical (unpaired) electrons. The van der Waals surface area contributed by atoms with Gasteiger partial charge in [-0.1, -0.05) is 26.2 Å². The Morgan fingerprint density at radius 1 is 1.28 bits per heavy atom. The largest absolute Gasteiger partial charge is 0.396 e. The van der Waals surface area contributed by atoms with Gasteiger partial charge in [-0.05, 0) is 22.3 Å². The van der Waals surface area contributed by atoms with Gasteiger partial charge in [-0.2, -0.15) is 10.5 Å². The fourth-order valence-corrected chi connectivity index (χ4v) is 4.59. The number of nitriles is 2. The van der Waals surface area contributed by atoms with Gasteiger partial charge in [-0.25, -0.2) is 4.21 Å². The maximum atomic E-state index is 11.2. The molecule has 1 atom stereocenters. The van der Waals surface area contributed by atoms with E-state index in [4.69, 9.17) is 16.3 Å². The van der Waals surface area contributed by atoms with Gasteiger partial charge in [-0.3, -0.25) is 0 Å². The smallest absolute Gasteiger partial charge is 0.130 e. The van der Waals surface area contributed by atoms with Crippen molar-refractivity contribution in [3.8, 4) is 12.1 Å². The number of nitrogens with two attached hydrogens (primary N) is 1. The normalized spacial score (nSPS) is 18.7. The molecule has 0 fully saturated rings. The molecule has 0 aromatic heterocycles. The van der Waals surface area contributed by atoms with Crippen LogP contribution >= 0.6 is 0 Å². The van der Waals surface area contributed by atoms with Crippen molar-refractivity contribution in [2.24, 2.45) is 5.73 Å². The Balaban J connectivity index is 2.97. The summed E-state index contributed by atoms with van der Waals surface area (Å²) in [4.78, 5) is 1.04. The Hall–Kier alpha value is -1.37. The SMILES string of the molecule is CCCCCCC1=C(C#N)C(N)=C(C#N)S1=S=O. The molecule has 4 nitrogen and oxygen atoms in total. The molecule has 18 heavy (non-hydrogen) atoms. The highest BCUT2D eigenvalue weighted by Gasteiger charge is 2.27. The van der Waals surface area contributed by atoms with Crippen LogP contribution < -0.4 is 5.73 Å². The third-order valence-corrected chi connectivity index (χ3v) is 5.93. The summed E-state index contributed by atoms with van der Waals surface area (Å²) >= 11 is 0. The number of nitrogens with zero attached hydrogens (tertiary/aromatic N) is 2. The minimum atomic E-state index is -0.864. The summed E-state index contributed by atoms with van der Waals surface area (Å²) in [6.45, 7) is 2.13. The topological polar surface area (TPSA) is 90.7 Å². The second kappa shape index (κ2) is 7.15. The van der Waals surface area contributed by atoms with Crippen LogP contribution in [-0.4, -0.2) is 4.21 Å². The zero-order valence-electron chi connectivity index (χ0n) is 10.2. The third kappa shape index (κ3) is 2.90. The minimum Gasteiger partial charge on any atom is -0.396 e. The van der Waals surface area contributed by atoms with Gasteiger partial charge in [0.2, 0.25) is 0 Å². The van der Waals surface area contributed by atoms with Gasteiger partial charge in [0, 0.05) is 4.91 Å². The first-order chi connectivity index (χ1) is 8.71. The molecular weight excluding hydrogens is 266 g/mol. The van der Waals surface area contributed by atoms with Crippen LogP contribution in [0.25, 0.3) is 0 Å². The Bertz CT molecular complexity index is 543. The predicted molar refractivity (Wildman–Crippen MR) is 73.7 cm³/mol. The molecule has 1 unspecified atom stereocenters. The van der Waals surface area contributed by atoms with Crippen LogP contribution in [0.1, 0.15) is 39.0 Å². The van der Waals surface area contributed by atoms with Crippen LogP contribution in [-0.2, 0) is 19.7 Å². The molecule has 0 aromatic carbocycles. The third-order valence-electron chi connectivity index (χ3n) is 2.74. The maximum absolute atomic E-state index is 11.2. The first-order valence-corrected chi connectivity index (χ1v) is 8.27. The maximum Gasteiger partial charge on any atom is 0.130 e. The summed E-state index contributed by atoms with van der Waals surface area (Å²) in [7, 11) is -0.495. The number of hydrogen-bond acceptors (Lipinski definition) is 4. The number of unbranched alkanes of at least 4 members (excludes halogenated alkanes) is 3. The van der Waals surface area contributed by atoms with Gasteiger partial charge in [0.25, 0.3) is 0 Å². The van der Waals surface area contributed by atoms with E-state index in [9.17, 15) is 4.21 Å². The van der Waals surface area contributed by atoms with E-state index in [1.165, 1.54) is 0 Å². The molecule has 96 valence electrons. The zero-order chi connectivity index (χ0) is 13.5. The molecular formula is C12H15N3OS2. The summed E-state index contributed by atoms with van der Waals surface area (Å²) in [6, 6.07) is 4.00. The Morgan fingerprint density at radius 3 is 2.50 bits per heavy atom. The molecule has 1 aliphatic heterocycles. The molecule has 0 saturated heterocycles. The van der Waals surface area contributed by atoms with Gasteiger partial charge in [0.15, 0.2) is 0 Å². The summed E-state index contributed by atoms with van der Waals surface area (Å²) < 4.78 is 11.2. The van der Waals surface area contributed by atoms with E-state index in [1.807, 2.05) is 12.1 Å². The Labute approximate surface area is 112 Å². The lowest BCUT2D eigenvalue weighted by atomic mass is 10.1. The van der Waals surface area contributed by atoms with Crippen LogP contribution in [0.15, 0.2) is 21.1 Å². The minimum absolute atomic E-state index is 0.206. The van der Waals surface area contributed by atoms with Gasteiger partial charge in [0.1, 0.15) is 27.3 Å². The van der Waals surface area contributed by atoms with Crippen LogP contribution in [0.3, 0.4) is 0 Å². The van der Waals surface area contributed by atoms with Crippen molar-refractivity contribution in [2.75, 3.05) is 0 Å². The van der Waals surface area contributed by atoms with Crippen molar-refractivity contribution in [3.05, 3.63) is 21.1 Å². The van der Waals surface area contributed by atoms with Crippen molar-refractivity contribution in [1.29, 1.82) is 10.5 Å². The fourth-order valence-electron chi connectivity index (χ4n) is 1.81. The molecule has 6 heteroatoms. The quantitative estimate of drug-likeness (QED) is 0.782. The van der Waals surface area contributed by atoms with E-state index in [0.717, 1.165) is 30.6 Å². The summed E-state index contributed by atoms with van der Waals surface area (Å²) in [5, 5.41) is 18.1. The summed E-state index contributed by atoms with van der Waals surface area (Å²) in [5.41, 5.74) is 6.32. The molecule has 0 aliphatic carbocycles. The lowest BCUT2D eigenvalue weighted by Gasteiger charge is -2.04. The van der Waals surface area contributed by atoms with E-state index in [1.54, 1.807) is 0 Å². The van der Waals surface area contributed by atoms with Gasteiger partial charge in [0.05, 0.1) is 11.3 Å². The van der Waals surface area contributed by atoms with E-state index >= 15 is 0 Å². The molecule has 0 aromatic rings. The molecule has 1 heterocycles. The Kier molecular flexibility index (Phi) is 5.84. The first kappa shape index (κ1) is 14.7. The van der Waals surface area contributed by atoms with E-state index in [0.29, 0.717) is 22.2 Å². The second-order valence-electron chi connectivity index (χ2n) is 3.91. The summed E-state index contributed by atoms with van der Waals surface area (Å²) in [6.07, 6.45) is 4.97. The highest BCUT2D eigenvalue weighted by Crippen LogP contribution is 2.33. The van der Waals surface area contributed by atoms with Gasteiger partial charge >= 0.3 is 0 Å². The highest BCUT2D eigenvalue weighted by molar-refractivity contribution is 8.35. The first-order valence-electron chi connectivity index (χ1n) is 5.79. The fraction of sp³-hybridized carbons (Fsp3) is 0.500. The van der Waals surface area contributed by atoms with Crippen molar-refractivity contribution in [1.82, 2.24) is 0 Å². The van der Waals surface area contributed by atoms with E-state index < -0.39 is 9.45 Å². The number of allylic oxidation sites excluding steroid dienone is 3. The van der Waals surface area contributed by atoms with Crippen molar-refractivity contribution >= 4 is 19.7 Å². The number of rotatable bonds is 5. The predicted octanol–water partition coefficient (Wildman–Crippen LogP) is 2.19. The lowest BCUT2D eigenvalue weighted by Crippen LogP contribution is -1.99. The van der Waals surface area contributed by atoms with Crippen molar-refractivity contribution < 1.29 is 4.21 Å². The van der Waals surface area contributed by atoms with Crippen LogP contribution in [0.5, 0.6) is 0 Å². The Morgan fingerprint density at radius 2 is 2.00 bits per heavy atom. The molecule has 0 amide bonds. The monoisotopic (exact) mass is 281 g/mol. The van der Waals surface area contributed by atoms with Crippen LogP contribution in [0.4, 0.5) is 0 Å². The molecule has 1 rings (SSSR count). The van der Waals surface area contributed by atoms with Crippen molar-refractivity contribution in [3.63, 3.8) is 0 Å².